The molecule has 0 unspecified atom stereocenters. The number of nitrogens with zero attached hydrogens (tertiary/aromatic N) is 1. The molecule has 0 aliphatic heterocycles. The lowest BCUT2D eigenvalue weighted by Gasteiger charge is -2.21. The van der Waals surface area contributed by atoms with Gasteiger partial charge in [-0.25, -0.2) is 0 Å². The molecule has 0 bridgehead atoms. The van der Waals surface area contributed by atoms with Gasteiger partial charge in [-0.2, -0.15) is 0 Å². The van der Waals surface area contributed by atoms with Gasteiger partial charge in [0.25, 0.3) is 0 Å². The number of halogens is 1. The summed E-state index contributed by atoms with van der Waals surface area (Å²) >= 11 is 0. The van der Waals surface area contributed by atoms with E-state index in [-0.39, 0.29) is 12.4 Å². The van der Waals surface area contributed by atoms with Crippen LogP contribution in [-0.4, -0.2) is 19.6 Å². The van der Waals surface area contributed by atoms with E-state index >= 15 is 0 Å². The van der Waals surface area contributed by atoms with Crippen molar-refractivity contribution in [2.75, 3.05) is 24.5 Å². The average molecular weight is 257 g/mol. The average Bonchev–Trinajstić information content (AvgIpc) is 2.33. The fraction of sp³-hybridized carbons (Fsp3) is 0.571. The van der Waals surface area contributed by atoms with Crippen molar-refractivity contribution in [1.82, 2.24) is 5.32 Å². The Bertz CT molecular complexity index is 281. The molecule has 1 N–H and O–H groups in total. The Morgan fingerprint density at radius 1 is 1.00 bits per heavy atom. The van der Waals surface area contributed by atoms with E-state index in [9.17, 15) is 0 Å². The molecule has 0 aromatic heterocycles. The first kappa shape index (κ1) is 16.3. The van der Waals surface area contributed by atoms with E-state index in [4.69, 9.17) is 0 Å². The van der Waals surface area contributed by atoms with Crippen LogP contribution in [0.25, 0.3) is 0 Å². The predicted molar refractivity (Wildman–Crippen MR) is 79.2 cm³/mol. The molecule has 0 radical (unpaired) electrons. The Kier molecular flexibility index (Phi) is 8.92. The van der Waals surface area contributed by atoms with Gasteiger partial charge in [0.2, 0.25) is 0 Å². The van der Waals surface area contributed by atoms with Crippen LogP contribution in [0.15, 0.2) is 24.3 Å². The first-order valence-electron chi connectivity index (χ1n) is 6.36. The molecule has 98 valence electrons. The van der Waals surface area contributed by atoms with Gasteiger partial charge in [0, 0.05) is 25.3 Å². The molecular weight excluding hydrogens is 232 g/mol. The molecule has 1 aromatic rings. The van der Waals surface area contributed by atoms with Crippen molar-refractivity contribution in [2.45, 2.75) is 33.7 Å². The van der Waals surface area contributed by atoms with Gasteiger partial charge in [-0.1, -0.05) is 19.1 Å². The van der Waals surface area contributed by atoms with Gasteiger partial charge in [-0.05, 0) is 44.5 Å². The molecule has 1 aromatic carbocycles. The van der Waals surface area contributed by atoms with Crippen LogP contribution >= 0.6 is 12.4 Å². The van der Waals surface area contributed by atoms with E-state index in [1.54, 1.807) is 0 Å². The van der Waals surface area contributed by atoms with Gasteiger partial charge in [-0.15, -0.1) is 12.4 Å². The minimum absolute atomic E-state index is 0. The number of hydrogen-bond donors (Lipinski definition) is 1. The predicted octanol–water partition coefficient (Wildman–Crippen LogP) is 3.45. The third-order valence-electron chi connectivity index (χ3n) is 2.82. The Hall–Kier alpha value is -0.730. The third kappa shape index (κ3) is 5.42. The lowest BCUT2D eigenvalue weighted by molar-refractivity contribution is 0.675. The molecule has 0 spiro atoms. The number of benzene rings is 1. The zero-order valence-electron chi connectivity index (χ0n) is 11.2. The first-order chi connectivity index (χ1) is 7.81. The number of hydrogen-bond acceptors (Lipinski definition) is 2. The fourth-order valence-corrected chi connectivity index (χ4v) is 1.82. The van der Waals surface area contributed by atoms with Crippen molar-refractivity contribution < 1.29 is 0 Å². The van der Waals surface area contributed by atoms with Gasteiger partial charge < -0.3 is 10.2 Å². The molecule has 1 rings (SSSR count). The van der Waals surface area contributed by atoms with E-state index in [0.717, 1.165) is 26.2 Å². The van der Waals surface area contributed by atoms with E-state index < -0.39 is 0 Å². The SMILES string of the molecule is CCCNCc1ccc(N(CC)CC)cc1.Cl. The van der Waals surface area contributed by atoms with Crippen molar-refractivity contribution in [3.63, 3.8) is 0 Å². The Morgan fingerprint density at radius 3 is 2.06 bits per heavy atom. The molecule has 17 heavy (non-hydrogen) atoms. The summed E-state index contributed by atoms with van der Waals surface area (Å²) in [5, 5.41) is 3.41. The smallest absolute Gasteiger partial charge is 0.0366 e. The van der Waals surface area contributed by atoms with Gasteiger partial charge in [-0.3, -0.25) is 0 Å². The number of nitrogens with one attached hydrogen (secondary N) is 1. The Balaban J connectivity index is 0.00000256. The van der Waals surface area contributed by atoms with Crippen LogP contribution in [0.3, 0.4) is 0 Å². The zero-order chi connectivity index (χ0) is 11.8. The molecule has 0 aliphatic carbocycles. The maximum absolute atomic E-state index is 3.41. The first-order valence-corrected chi connectivity index (χ1v) is 6.36. The summed E-state index contributed by atoms with van der Waals surface area (Å²) < 4.78 is 0. The maximum atomic E-state index is 3.41. The topological polar surface area (TPSA) is 15.3 Å². The minimum Gasteiger partial charge on any atom is -0.372 e. The molecule has 2 nitrogen and oxygen atoms in total. The van der Waals surface area contributed by atoms with Crippen LogP contribution in [-0.2, 0) is 6.54 Å². The summed E-state index contributed by atoms with van der Waals surface area (Å²) in [4.78, 5) is 2.36. The summed E-state index contributed by atoms with van der Waals surface area (Å²) in [6.07, 6.45) is 1.19. The van der Waals surface area contributed by atoms with Crippen LogP contribution in [0.1, 0.15) is 32.8 Å². The van der Waals surface area contributed by atoms with Crippen molar-refractivity contribution in [3.05, 3.63) is 29.8 Å². The normalized spacial score (nSPS) is 9.82. The zero-order valence-corrected chi connectivity index (χ0v) is 12.0. The maximum Gasteiger partial charge on any atom is 0.0366 e. The largest absolute Gasteiger partial charge is 0.372 e. The quantitative estimate of drug-likeness (QED) is 0.752. The molecule has 0 aliphatic rings. The Morgan fingerprint density at radius 2 is 1.59 bits per heavy atom. The molecule has 0 amide bonds. The highest BCUT2D eigenvalue weighted by atomic mass is 35.5. The van der Waals surface area contributed by atoms with Crippen molar-refractivity contribution in [2.24, 2.45) is 0 Å². The second kappa shape index (κ2) is 9.32. The van der Waals surface area contributed by atoms with Gasteiger partial charge >= 0.3 is 0 Å². The highest BCUT2D eigenvalue weighted by Gasteiger charge is 2.00. The highest BCUT2D eigenvalue weighted by Crippen LogP contribution is 2.14. The lowest BCUT2D eigenvalue weighted by atomic mass is 10.2. The van der Waals surface area contributed by atoms with Gasteiger partial charge in [0.1, 0.15) is 0 Å². The van der Waals surface area contributed by atoms with E-state index in [2.05, 4.69) is 55.3 Å². The molecule has 3 heteroatoms. The van der Waals surface area contributed by atoms with Crippen LogP contribution in [0.4, 0.5) is 5.69 Å². The number of rotatable bonds is 7. The fourth-order valence-electron chi connectivity index (χ4n) is 1.82. The molecular formula is C14H25ClN2. The summed E-state index contributed by atoms with van der Waals surface area (Å²) in [7, 11) is 0. The second-order valence-corrected chi connectivity index (χ2v) is 4.02. The summed E-state index contributed by atoms with van der Waals surface area (Å²) in [6, 6.07) is 8.87. The third-order valence-corrected chi connectivity index (χ3v) is 2.82. The number of anilines is 1. The Labute approximate surface area is 112 Å². The monoisotopic (exact) mass is 256 g/mol. The van der Waals surface area contributed by atoms with Crippen LogP contribution in [0.5, 0.6) is 0 Å². The molecule has 0 fully saturated rings. The summed E-state index contributed by atoms with van der Waals surface area (Å²) in [5.41, 5.74) is 2.69. The highest BCUT2D eigenvalue weighted by molar-refractivity contribution is 5.85. The summed E-state index contributed by atoms with van der Waals surface area (Å²) in [5.74, 6) is 0. The van der Waals surface area contributed by atoms with Crippen molar-refractivity contribution in [1.29, 1.82) is 0 Å². The van der Waals surface area contributed by atoms with Crippen molar-refractivity contribution in [3.8, 4) is 0 Å². The molecule has 0 atom stereocenters. The minimum atomic E-state index is 0. The van der Waals surface area contributed by atoms with E-state index in [1.165, 1.54) is 17.7 Å². The molecule has 0 saturated carbocycles. The standard InChI is InChI=1S/C14H24N2.ClH/c1-4-11-15-12-13-7-9-14(10-8-13)16(5-2)6-3;/h7-10,15H,4-6,11-12H2,1-3H3;1H. The van der Waals surface area contributed by atoms with Crippen molar-refractivity contribution >= 4 is 18.1 Å². The lowest BCUT2D eigenvalue weighted by Crippen LogP contribution is -2.21. The van der Waals surface area contributed by atoms with Gasteiger partial charge in [0.15, 0.2) is 0 Å². The van der Waals surface area contributed by atoms with Crippen LogP contribution in [0, 0.1) is 0 Å². The molecule has 0 heterocycles. The van der Waals surface area contributed by atoms with Crippen LogP contribution < -0.4 is 10.2 Å². The summed E-state index contributed by atoms with van der Waals surface area (Å²) in [6.45, 7) is 10.8. The van der Waals surface area contributed by atoms with Crippen LogP contribution in [0.2, 0.25) is 0 Å². The van der Waals surface area contributed by atoms with E-state index in [1.807, 2.05) is 0 Å². The van der Waals surface area contributed by atoms with E-state index in [0.29, 0.717) is 0 Å². The van der Waals surface area contributed by atoms with Gasteiger partial charge in [0.05, 0.1) is 0 Å². The second-order valence-electron chi connectivity index (χ2n) is 4.02. The molecule has 0 saturated heterocycles.